The molecule has 1 nitrogen and oxygen atoms in total. The molecule has 0 amide bonds. The largest absolute Gasteiger partial charge is 0.355 e. The highest BCUT2D eigenvalue weighted by Crippen LogP contribution is 2.24. The monoisotopic (exact) mass is 573 g/mol. The second-order valence-corrected chi connectivity index (χ2v) is 8.72. The van der Waals surface area contributed by atoms with Crippen molar-refractivity contribution in [3.8, 4) is 11.1 Å². The van der Waals surface area contributed by atoms with Gasteiger partial charge >= 0.3 is 0 Å². The Morgan fingerprint density at radius 2 is 0.815 bits per heavy atom. The molecule has 0 saturated carbocycles. The first-order valence-electron chi connectivity index (χ1n) is 8.68. The molecule has 1 heterocycles. The third-order valence-corrected chi connectivity index (χ3v) is 5.87. The molecule has 1 aromatic heterocycles. The predicted molar refractivity (Wildman–Crippen MR) is 133 cm³/mol. The first-order chi connectivity index (χ1) is 13.2. The lowest BCUT2D eigenvalue weighted by Crippen LogP contribution is -1.78. The van der Waals surface area contributed by atoms with Crippen molar-refractivity contribution in [1.29, 1.82) is 0 Å². The van der Waals surface area contributed by atoms with E-state index in [1.807, 2.05) is 0 Å². The summed E-state index contributed by atoms with van der Waals surface area (Å²) in [5.41, 5.74) is 4.98. The number of para-hydroxylation sites is 2. The maximum atomic E-state index is 3.38. The summed E-state index contributed by atoms with van der Waals surface area (Å²) in [7, 11) is 0. The molecule has 27 heavy (non-hydrogen) atoms. The number of hydrogen-bond donors (Lipinski definition) is 1. The minimum atomic E-state index is 1.21. The Morgan fingerprint density at radius 1 is 0.444 bits per heavy atom. The van der Waals surface area contributed by atoms with Crippen molar-refractivity contribution in [2.75, 3.05) is 0 Å². The van der Waals surface area contributed by atoms with Crippen LogP contribution in [0.25, 0.3) is 32.9 Å². The number of hydrogen-bond acceptors (Lipinski definition) is 0. The van der Waals surface area contributed by atoms with Gasteiger partial charge in [0.15, 0.2) is 0 Å². The van der Waals surface area contributed by atoms with Crippen molar-refractivity contribution >= 4 is 67.0 Å². The Hall–Kier alpha value is -1.86. The van der Waals surface area contributed by atoms with Crippen LogP contribution >= 0.6 is 45.2 Å². The van der Waals surface area contributed by atoms with Gasteiger partial charge in [0.05, 0.1) is 0 Å². The Balaban J connectivity index is 0.000000134. The van der Waals surface area contributed by atoms with E-state index in [0.29, 0.717) is 0 Å². The van der Waals surface area contributed by atoms with Crippen LogP contribution in [0.1, 0.15) is 0 Å². The number of halogens is 2. The van der Waals surface area contributed by atoms with Gasteiger partial charge in [0.1, 0.15) is 0 Å². The van der Waals surface area contributed by atoms with Gasteiger partial charge in [0.25, 0.3) is 0 Å². The van der Waals surface area contributed by atoms with Crippen LogP contribution in [-0.4, -0.2) is 4.98 Å². The Bertz CT molecular complexity index is 1080. The lowest BCUT2D eigenvalue weighted by Gasteiger charge is -2.01. The van der Waals surface area contributed by atoms with E-state index >= 15 is 0 Å². The van der Waals surface area contributed by atoms with Crippen molar-refractivity contribution < 1.29 is 0 Å². The molecule has 0 aliphatic heterocycles. The van der Waals surface area contributed by atoms with Crippen LogP contribution in [0.5, 0.6) is 0 Å². The van der Waals surface area contributed by atoms with Crippen molar-refractivity contribution in [2.24, 2.45) is 0 Å². The summed E-state index contributed by atoms with van der Waals surface area (Å²) in [6.07, 6.45) is 0. The quantitative estimate of drug-likeness (QED) is 0.197. The molecule has 0 radical (unpaired) electrons. The predicted octanol–water partition coefficient (Wildman–Crippen LogP) is 7.88. The summed E-state index contributed by atoms with van der Waals surface area (Å²) in [5.74, 6) is 0. The van der Waals surface area contributed by atoms with Crippen LogP contribution in [0.4, 0.5) is 0 Å². The van der Waals surface area contributed by atoms with Gasteiger partial charge in [-0.1, -0.05) is 60.7 Å². The van der Waals surface area contributed by atoms with Crippen molar-refractivity contribution in [3.05, 3.63) is 104 Å². The smallest absolute Gasteiger partial charge is 0.0464 e. The van der Waals surface area contributed by atoms with Gasteiger partial charge in [0, 0.05) is 28.9 Å². The van der Waals surface area contributed by atoms with Crippen molar-refractivity contribution in [1.82, 2.24) is 4.98 Å². The number of H-pyrrole nitrogens is 1. The summed E-state index contributed by atoms with van der Waals surface area (Å²) in [5, 5.41) is 2.61. The van der Waals surface area contributed by atoms with Crippen LogP contribution in [0.2, 0.25) is 0 Å². The zero-order valence-corrected chi connectivity index (χ0v) is 18.8. The zero-order chi connectivity index (χ0) is 18.6. The number of benzene rings is 4. The first kappa shape index (κ1) is 18.5. The summed E-state index contributed by atoms with van der Waals surface area (Å²) in [6, 6.07) is 33.9. The molecular weight excluding hydrogens is 556 g/mol. The number of nitrogens with one attached hydrogen (secondary N) is 1. The Labute approximate surface area is 186 Å². The SMILES string of the molecule is Ic1ccc(-c2ccc(I)cc2)cc1.c1ccc2c(c1)[nH]c1ccccc12. The van der Waals surface area contributed by atoms with Gasteiger partial charge in [-0.3, -0.25) is 0 Å². The van der Waals surface area contributed by atoms with E-state index in [0.717, 1.165) is 0 Å². The van der Waals surface area contributed by atoms with Gasteiger partial charge in [-0.15, -0.1) is 0 Å². The maximum absolute atomic E-state index is 3.38. The van der Waals surface area contributed by atoms with Crippen LogP contribution in [0.15, 0.2) is 97.1 Å². The van der Waals surface area contributed by atoms with Gasteiger partial charge in [-0.05, 0) is 92.7 Å². The standard InChI is InChI=1S/C12H8I2.C12H9N/c13-11-5-1-9(2-6-11)10-3-7-12(14)8-4-10;1-3-7-11-9(5-1)10-6-2-4-8-12(10)13-11/h1-8H;1-8,13H. The number of aromatic nitrogens is 1. The molecule has 1 N–H and O–H groups in total. The minimum absolute atomic E-state index is 1.21. The van der Waals surface area contributed by atoms with E-state index in [9.17, 15) is 0 Å². The molecular formula is C24H17I2N. The zero-order valence-electron chi connectivity index (χ0n) is 14.5. The average Bonchev–Trinajstić information content (AvgIpc) is 3.09. The molecule has 3 heteroatoms. The summed E-state index contributed by atoms with van der Waals surface area (Å²) in [6.45, 7) is 0. The van der Waals surface area contributed by atoms with Gasteiger partial charge in [-0.25, -0.2) is 0 Å². The van der Waals surface area contributed by atoms with Crippen LogP contribution in [-0.2, 0) is 0 Å². The van der Waals surface area contributed by atoms with Crippen molar-refractivity contribution in [3.63, 3.8) is 0 Å². The number of fused-ring (bicyclic) bond motifs is 3. The normalized spacial score (nSPS) is 10.6. The van der Waals surface area contributed by atoms with Gasteiger partial charge in [-0.2, -0.15) is 0 Å². The summed E-state index contributed by atoms with van der Waals surface area (Å²) >= 11 is 4.64. The fourth-order valence-electron chi connectivity index (χ4n) is 3.08. The van der Waals surface area contributed by atoms with Crippen LogP contribution in [0, 0.1) is 7.14 Å². The summed E-state index contributed by atoms with van der Waals surface area (Å²) < 4.78 is 2.55. The minimum Gasteiger partial charge on any atom is -0.355 e. The molecule has 0 saturated heterocycles. The second kappa shape index (κ2) is 8.44. The van der Waals surface area contributed by atoms with E-state index in [-0.39, 0.29) is 0 Å². The van der Waals surface area contributed by atoms with E-state index in [1.165, 1.54) is 40.1 Å². The third-order valence-electron chi connectivity index (χ3n) is 4.44. The molecule has 5 rings (SSSR count). The molecule has 0 spiro atoms. The molecule has 0 bridgehead atoms. The van der Waals surface area contributed by atoms with Gasteiger partial charge in [0.2, 0.25) is 0 Å². The molecule has 0 fully saturated rings. The highest BCUT2D eigenvalue weighted by atomic mass is 127. The van der Waals surface area contributed by atoms with Crippen molar-refractivity contribution in [2.45, 2.75) is 0 Å². The highest BCUT2D eigenvalue weighted by molar-refractivity contribution is 14.1. The summed E-state index contributed by atoms with van der Waals surface area (Å²) in [4.78, 5) is 3.38. The van der Waals surface area contributed by atoms with E-state index < -0.39 is 0 Å². The van der Waals surface area contributed by atoms with Gasteiger partial charge < -0.3 is 4.98 Å². The fraction of sp³-hybridized carbons (Fsp3) is 0. The Kier molecular flexibility index (Phi) is 5.78. The van der Waals surface area contributed by atoms with E-state index in [4.69, 9.17) is 0 Å². The average molecular weight is 573 g/mol. The second-order valence-electron chi connectivity index (χ2n) is 6.23. The topological polar surface area (TPSA) is 15.8 Å². The number of aromatic amines is 1. The molecule has 5 aromatic rings. The highest BCUT2D eigenvalue weighted by Gasteiger charge is 2.00. The Morgan fingerprint density at radius 3 is 1.22 bits per heavy atom. The van der Waals surface area contributed by atoms with Crippen LogP contribution in [0.3, 0.4) is 0 Å². The molecule has 0 atom stereocenters. The molecule has 0 aliphatic rings. The first-order valence-corrected chi connectivity index (χ1v) is 10.8. The fourth-order valence-corrected chi connectivity index (χ4v) is 3.80. The lowest BCUT2D eigenvalue weighted by atomic mass is 10.1. The molecule has 0 unspecified atom stereocenters. The molecule has 4 aromatic carbocycles. The molecule has 0 aliphatic carbocycles. The van der Waals surface area contributed by atoms with E-state index in [1.54, 1.807) is 0 Å². The molecule has 132 valence electrons. The van der Waals surface area contributed by atoms with E-state index in [2.05, 4.69) is 147 Å². The number of rotatable bonds is 1. The maximum Gasteiger partial charge on any atom is 0.0464 e. The van der Waals surface area contributed by atoms with Crippen LogP contribution < -0.4 is 0 Å². The lowest BCUT2D eigenvalue weighted by molar-refractivity contribution is 1.55. The third kappa shape index (κ3) is 4.35.